The van der Waals surface area contributed by atoms with Gasteiger partial charge in [0, 0.05) is 10.4 Å². The molecule has 0 bridgehead atoms. The zero-order valence-corrected chi connectivity index (χ0v) is 9.75. The highest BCUT2D eigenvalue weighted by Crippen LogP contribution is 2.25. The van der Waals surface area contributed by atoms with Crippen molar-refractivity contribution < 1.29 is 0 Å². The molecule has 4 heteroatoms. The first-order chi connectivity index (χ1) is 6.92. The SMILES string of the molecule is CC(C)(CN=C(N)N)c1cccc(Cl)c1. The summed E-state index contributed by atoms with van der Waals surface area (Å²) in [5.74, 6) is 0.116. The van der Waals surface area contributed by atoms with Crippen LogP contribution >= 0.6 is 11.6 Å². The molecule has 0 amide bonds. The third kappa shape index (κ3) is 3.44. The Balaban J connectivity index is 2.90. The van der Waals surface area contributed by atoms with Crippen LogP contribution in [0.15, 0.2) is 29.3 Å². The molecule has 1 rings (SSSR count). The van der Waals surface area contributed by atoms with E-state index in [1.165, 1.54) is 0 Å². The van der Waals surface area contributed by atoms with Crippen molar-refractivity contribution >= 4 is 17.6 Å². The van der Waals surface area contributed by atoms with Gasteiger partial charge in [0.1, 0.15) is 0 Å². The maximum Gasteiger partial charge on any atom is 0.185 e. The van der Waals surface area contributed by atoms with Gasteiger partial charge in [-0.3, -0.25) is 4.99 Å². The molecule has 0 aliphatic heterocycles. The molecular weight excluding hydrogens is 210 g/mol. The van der Waals surface area contributed by atoms with Gasteiger partial charge in [0.05, 0.1) is 6.54 Å². The van der Waals surface area contributed by atoms with Crippen LogP contribution in [0.3, 0.4) is 0 Å². The highest BCUT2D eigenvalue weighted by molar-refractivity contribution is 6.30. The maximum atomic E-state index is 5.93. The Kier molecular flexibility index (Phi) is 3.58. The van der Waals surface area contributed by atoms with E-state index in [0.717, 1.165) is 10.6 Å². The summed E-state index contributed by atoms with van der Waals surface area (Å²) >= 11 is 5.93. The molecule has 0 fully saturated rings. The first kappa shape index (κ1) is 11.9. The standard InChI is InChI=1S/C11H16ClN3/c1-11(2,7-15-10(13)14)8-4-3-5-9(12)6-8/h3-6H,7H2,1-2H3,(H4,13,14,15). The zero-order valence-electron chi connectivity index (χ0n) is 9.00. The Labute approximate surface area is 95.1 Å². The molecule has 0 radical (unpaired) electrons. The third-order valence-corrected chi connectivity index (χ3v) is 2.50. The van der Waals surface area contributed by atoms with E-state index in [1.807, 2.05) is 24.3 Å². The van der Waals surface area contributed by atoms with Crippen molar-refractivity contribution in [3.63, 3.8) is 0 Å². The number of aliphatic imine (C=N–C) groups is 1. The summed E-state index contributed by atoms with van der Waals surface area (Å²) in [6.45, 7) is 4.70. The quantitative estimate of drug-likeness (QED) is 0.610. The average molecular weight is 226 g/mol. The summed E-state index contributed by atoms with van der Waals surface area (Å²) < 4.78 is 0. The Bertz CT molecular complexity index is 368. The van der Waals surface area contributed by atoms with Crippen LogP contribution in [0, 0.1) is 0 Å². The van der Waals surface area contributed by atoms with Gasteiger partial charge in [-0.2, -0.15) is 0 Å². The third-order valence-electron chi connectivity index (χ3n) is 2.26. The molecule has 4 N–H and O–H groups in total. The first-order valence-electron chi connectivity index (χ1n) is 4.73. The van der Waals surface area contributed by atoms with Crippen LogP contribution in [0.2, 0.25) is 5.02 Å². The number of rotatable bonds is 3. The second kappa shape index (κ2) is 4.53. The van der Waals surface area contributed by atoms with Crippen LogP contribution in [0.25, 0.3) is 0 Å². The molecule has 15 heavy (non-hydrogen) atoms. The molecule has 0 saturated heterocycles. The van der Waals surface area contributed by atoms with E-state index in [2.05, 4.69) is 18.8 Å². The second-order valence-corrected chi connectivity index (χ2v) is 4.57. The van der Waals surface area contributed by atoms with Gasteiger partial charge >= 0.3 is 0 Å². The minimum Gasteiger partial charge on any atom is -0.370 e. The van der Waals surface area contributed by atoms with E-state index in [9.17, 15) is 0 Å². The lowest BCUT2D eigenvalue weighted by Crippen LogP contribution is -2.28. The lowest BCUT2D eigenvalue weighted by Gasteiger charge is -2.23. The largest absolute Gasteiger partial charge is 0.370 e. The summed E-state index contributed by atoms with van der Waals surface area (Å²) in [5, 5.41) is 0.727. The number of hydrogen-bond acceptors (Lipinski definition) is 1. The van der Waals surface area contributed by atoms with Gasteiger partial charge in [-0.25, -0.2) is 0 Å². The maximum absolute atomic E-state index is 5.93. The van der Waals surface area contributed by atoms with Gasteiger partial charge in [0.2, 0.25) is 0 Å². The predicted molar refractivity (Wildman–Crippen MR) is 65.2 cm³/mol. The van der Waals surface area contributed by atoms with Crippen LogP contribution < -0.4 is 11.5 Å². The van der Waals surface area contributed by atoms with E-state index >= 15 is 0 Å². The molecule has 0 unspecified atom stereocenters. The lowest BCUT2D eigenvalue weighted by molar-refractivity contribution is 0.540. The molecule has 3 nitrogen and oxygen atoms in total. The lowest BCUT2D eigenvalue weighted by atomic mass is 9.85. The average Bonchev–Trinajstić information content (AvgIpc) is 2.15. The Morgan fingerprint density at radius 3 is 2.60 bits per heavy atom. The number of halogens is 1. The van der Waals surface area contributed by atoms with Gasteiger partial charge < -0.3 is 11.5 Å². The van der Waals surface area contributed by atoms with E-state index in [1.54, 1.807) is 0 Å². The van der Waals surface area contributed by atoms with Gasteiger partial charge in [-0.1, -0.05) is 37.6 Å². The van der Waals surface area contributed by atoms with Crippen molar-refractivity contribution in [3.05, 3.63) is 34.9 Å². The molecule has 1 aromatic carbocycles. The van der Waals surface area contributed by atoms with Crippen molar-refractivity contribution in [2.45, 2.75) is 19.3 Å². The molecule has 0 aliphatic carbocycles. The monoisotopic (exact) mass is 225 g/mol. The molecule has 0 aliphatic rings. The molecule has 1 aromatic rings. The number of nitrogens with zero attached hydrogens (tertiary/aromatic N) is 1. The van der Waals surface area contributed by atoms with Crippen molar-refractivity contribution in [3.8, 4) is 0 Å². The Hall–Kier alpha value is -1.22. The predicted octanol–water partition coefficient (Wildman–Crippen LogP) is 1.89. The first-order valence-corrected chi connectivity index (χ1v) is 5.11. The minimum atomic E-state index is -0.116. The number of guanidine groups is 1. The number of benzene rings is 1. The highest BCUT2D eigenvalue weighted by Gasteiger charge is 2.20. The van der Waals surface area contributed by atoms with Crippen molar-refractivity contribution in [2.24, 2.45) is 16.5 Å². The van der Waals surface area contributed by atoms with Crippen molar-refractivity contribution in [2.75, 3.05) is 6.54 Å². The summed E-state index contributed by atoms with van der Waals surface area (Å²) in [5.41, 5.74) is 11.6. The van der Waals surface area contributed by atoms with Gasteiger partial charge in [0.15, 0.2) is 5.96 Å². The number of nitrogens with two attached hydrogens (primary N) is 2. The van der Waals surface area contributed by atoms with Crippen molar-refractivity contribution in [1.82, 2.24) is 0 Å². The van der Waals surface area contributed by atoms with Gasteiger partial charge in [-0.05, 0) is 17.7 Å². The smallest absolute Gasteiger partial charge is 0.185 e. The normalized spacial score (nSPS) is 11.1. The summed E-state index contributed by atoms with van der Waals surface area (Å²) in [4.78, 5) is 4.03. The van der Waals surface area contributed by atoms with E-state index in [-0.39, 0.29) is 11.4 Å². The Morgan fingerprint density at radius 1 is 1.40 bits per heavy atom. The molecule has 0 saturated carbocycles. The summed E-state index contributed by atoms with van der Waals surface area (Å²) in [7, 11) is 0. The second-order valence-electron chi connectivity index (χ2n) is 4.14. The fraction of sp³-hybridized carbons (Fsp3) is 0.364. The number of hydrogen-bond donors (Lipinski definition) is 2. The highest BCUT2D eigenvalue weighted by atomic mass is 35.5. The van der Waals surface area contributed by atoms with Gasteiger partial charge in [0.25, 0.3) is 0 Å². The minimum absolute atomic E-state index is 0.116. The zero-order chi connectivity index (χ0) is 11.5. The van der Waals surface area contributed by atoms with Crippen LogP contribution in [0.1, 0.15) is 19.4 Å². The van der Waals surface area contributed by atoms with E-state index in [4.69, 9.17) is 23.1 Å². The molecule has 0 aromatic heterocycles. The van der Waals surface area contributed by atoms with Crippen molar-refractivity contribution in [1.29, 1.82) is 0 Å². The Morgan fingerprint density at radius 2 is 2.07 bits per heavy atom. The van der Waals surface area contributed by atoms with Gasteiger partial charge in [-0.15, -0.1) is 0 Å². The van der Waals surface area contributed by atoms with Crippen LogP contribution in [0.4, 0.5) is 0 Å². The summed E-state index contributed by atoms with van der Waals surface area (Å²) in [6.07, 6.45) is 0. The van der Waals surface area contributed by atoms with Crippen LogP contribution in [-0.4, -0.2) is 12.5 Å². The molecule has 0 spiro atoms. The van der Waals surface area contributed by atoms with E-state index < -0.39 is 0 Å². The molecule has 0 atom stereocenters. The molecule has 0 heterocycles. The fourth-order valence-electron chi connectivity index (χ4n) is 1.29. The van der Waals surface area contributed by atoms with E-state index in [0.29, 0.717) is 6.54 Å². The summed E-state index contributed by atoms with van der Waals surface area (Å²) in [6, 6.07) is 7.73. The fourth-order valence-corrected chi connectivity index (χ4v) is 1.48. The molecule has 82 valence electrons. The molecular formula is C11H16ClN3. The van der Waals surface area contributed by atoms with Crippen LogP contribution in [0.5, 0.6) is 0 Å². The van der Waals surface area contributed by atoms with Crippen LogP contribution in [-0.2, 0) is 5.41 Å². The topological polar surface area (TPSA) is 64.4 Å².